The summed E-state index contributed by atoms with van der Waals surface area (Å²) in [6.45, 7) is 5.71. The molecule has 1 saturated heterocycles. The summed E-state index contributed by atoms with van der Waals surface area (Å²) in [5.41, 5.74) is 1.13. The standard InChI is InChI=1S/C17H27N3O3.2ClH/c1-22-10-7-18-13-17(21)19-16(15-5-3-2-4-6-15)14-20-8-11-23-12-9-20;;/h2-6,16,18H,7-14H2,1H3,(H,19,21);2*1H. The van der Waals surface area contributed by atoms with Gasteiger partial charge in [-0.05, 0) is 5.56 Å². The highest BCUT2D eigenvalue weighted by Crippen LogP contribution is 2.15. The first-order chi connectivity index (χ1) is 11.3. The van der Waals surface area contributed by atoms with Crippen LogP contribution in [0.25, 0.3) is 0 Å². The molecule has 0 spiro atoms. The second-order valence-corrected chi connectivity index (χ2v) is 5.61. The molecule has 0 aromatic heterocycles. The van der Waals surface area contributed by atoms with Gasteiger partial charge >= 0.3 is 0 Å². The van der Waals surface area contributed by atoms with Crippen molar-refractivity contribution in [2.45, 2.75) is 6.04 Å². The van der Waals surface area contributed by atoms with Crippen molar-refractivity contribution in [1.82, 2.24) is 15.5 Å². The van der Waals surface area contributed by atoms with Crippen molar-refractivity contribution in [2.24, 2.45) is 0 Å². The molecule has 0 saturated carbocycles. The lowest BCUT2D eigenvalue weighted by molar-refractivity contribution is -0.121. The predicted octanol–water partition coefficient (Wildman–Crippen LogP) is 1.26. The molecule has 1 unspecified atom stereocenters. The molecule has 1 aliphatic heterocycles. The predicted molar refractivity (Wildman–Crippen MR) is 104 cm³/mol. The molecule has 6 nitrogen and oxygen atoms in total. The van der Waals surface area contributed by atoms with Gasteiger partial charge in [-0.1, -0.05) is 30.3 Å². The molecule has 1 amide bonds. The number of halogens is 2. The molecule has 2 N–H and O–H groups in total. The highest BCUT2D eigenvalue weighted by Gasteiger charge is 2.19. The van der Waals surface area contributed by atoms with Crippen LogP contribution in [-0.4, -0.2) is 70.5 Å². The molecule has 0 bridgehead atoms. The molecular formula is C17H29Cl2N3O3. The van der Waals surface area contributed by atoms with Crippen molar-refractivity contribution >= 4 is 30.7 Å². The van der Waals surface area contributed by atoms with Crippen LogP contribution < -0.4 is 10.6 Å². The Bertz CT molecular complexity index is 460. The average Bonchev–Trinajstić information content (AvgIpc) is 2.60. The smallest absolute Gasteiger partial charge is 0.234 e. The van der Waals surface area contributed by atoms with Gasteiger partial charge in [0.05, 0.1) is 32.4 Å². The number of carbonyl (C=O) groups is 1. The van der Waals surface area contributed by atoms with E-state index in [4.69, 9.17) is 9.47 Å². The number of benzene rings is 1. The van der Waals surface area contributed by atoms with Crippen molar-refractivity contribution in [3.63, 3.8) is 0 Å². The van der Waals surface area contributed by atoms with Crippen LogP contribution in [0.2, 0.25) is 0 Å². The van der Waals surface area contributed by atoms with E-state index < -0.39 is 0 Å². The van der Waals surface area contributed by atoms with E-state index in [1.54, 1.807) is 7.11 Å². The molecule has 0 radical (unpaired) electrons. The molecule has 1 fully saturated rings. The molecule has 1 aliphatic rings. The van der Waals surface area contributed by atoms with Crippen molar-refractivity contribution in [3.8, 4) is 0 Å². The van der Waals surface area contributed by atoms with Crippen molar-refractivity contribution in [2.75, 3.05) is 59.7 Å². The SMILES string of the molecule is COCCNCC(=O)NC(CN1CCOCC1)c1ccccc1.Cl.Cl. The van der Waals surface area contributed by atoms with Gasteiger partial charge in [0.25, 0.3) is 0 Å². The highest BCUT2D eigenvalue weighted by molar-refractivity contribution is 5.85. The van der Waals surface area contributed by atoms with Crippen LogP contribution in [0.15, 0.2) is 30.3 Å². The number of methoxy groups -OCH3 is 1. The molecule has 1 aromatic carbocycles. The summed E-state index contributed by atoms with van der Waals surface area (Å²) in [6.07, 6.45) is 0. The van der Waals surface area contributed by atoms with Gasteiger partial charge in [-0.2, -0.15) is 0 Å². The number of carbonyl (C=O) groups excluding carboxylic acids is 1. The first-order valence-electron chi connectivity index (χ1n) is 8.13. The number of hydrogen-bond donors (Lipinski definition) is 2. The summed E-state index contributed by atoms with van der Waals surface area (Å²) in [6, 6.07) is 10.1. The Morgan fingerprint density at radius 2 is 1.92 bits per heavy atom. The molecular weight excluding hydrogens is 365 g/mol. The van der Waals surface area contributed by atoms with Crippen molar-refractivity contribution in [1.29, 1.82) is 0 Å². The Kier molecular flexibility index (Phi) is 13.8. The minimum Gasteiger partial charge on any atom is -0.383 e. The van der Waals surface area contributed by atoms with Gasteiger partial charge in [0.1, 0.15) is 0 Å². The Labute approximate surface area is 162 Å². The summed E-state index contributed by atoms with van der Waals surface area (Å²) in [7, 11) is 1.65. The van der Waals surface area contributed by atoms with Gasteiger partial charge in [-0.3, -0.25) is 9.69 Å². The first-order valence-corrected chi connectivity index (χ1v) is 8.13. The second-order valence-electron chi connectivity index (χ2n) is 5.61. The van der Waals surface area contributed by atoms with Gasteiger partial charge in [-0.25, -0.2) is 0 Å². The Morgan fingerprint density at radius 3 is 2.56 bits per heavy atom. The highest BCUT2D eigenvalue weighted by atomic mass is 35.5. The largest absolute Gasteiger partial charge is 0.383 e. The van der Waals surface area contributed by atoms with Crippen LogP contribution in [0.5, 0.6) is 0 Å². The Morgan fingerprint density at radius 1 is 1.24 bits per heavy atom. The van der Waals surface area contributed by atoms with Crippen LogP contribution in [0.3, 0.4) is 0 Å². The summed E-state index contributed by atoms with van der Waals surface area (Å²) in [5.74, 6) is 0.00298. The van der Waals surface area contributed by atoms with Gasteiger partial charge in [-0.15, -0.1) is 24.8 Å². The lowest BCUT2D eigenvalue weighted by Crippen LogP contribution is -2.45. The van der Waals surface area contributed by atoms with Crippen LogP contribution in [-0.2, 0) is 14.3 Å². The Balaban J connectivity index is 0.00000288. The normalized spacial score (nSPS) is 15.6. The summed E-state index contributed by atoms with van der Waals surface area (Å²) in [4.78, 5) is 14.5. The van der Waals surface area contributed by atoms with Crippen molar-refractivity contribution < 1.29 is 14.3 Å². The number of morpholine rings is 1. The number of hydrogen-bond acceptors (Lipinski definition) is 5. The monoisotopic (exact) mass is 393 g/mol. The van der Waals surface area contributed by atoms with E-state index in [1.807, 2.05) is 18.2 Å². The number of amides is 1. The third kappa shape index (κ3) is 9.39. The van der Waals surface area contributed by atoms with E-state index in [0.717, 1.165) is 38.4 Å². The molecule has 8 heteroatoms. The van der Waals surface area contributed by atoms with Gasteiger partial charge in [0.2, 0.25) is 5.91 Å². The van der Waals surface area contributed by atoms with Crippen molar-refractivity contribution in [3.05, 3.63) is 35.9 Å². The van der Waals surface area contributed by atoms with Crippen LogP contribution in [0.1, 0.15) is 11.6 Å². The van der Waals surface area contributed by atoms with E-state index in [1.165, 1.54) is 0 Å². The third-order valence-corrected chi connectivity index (χ3v) is 3.85. The lowest BCUT2D eigenvalue weighted by Gasteiger charge is -2.31. The van der Waals surface area contributed by atoms with E-state index in [0.29, 0.717) is 19.7 Å². The maximum Gasteiger partial charge on any atom is 0.234 e. The fraction of sp³-hybridized carbons (Fsp3) is 0.588. The number of ether oxygens (including phenoxy) is 2. The molecule has 25 heavy (non-hydrogen) atoms. The van der Waals surface area contributed by atoms with Crippen LogP contribution in [0, 0.1) is 0 Å². The van der Waals surface area contributed by atoms with E-state index in [-0.39, 0.29) is 36.8 Å². The fourth-order valence-electron chi connectivity index (χ4n) is 2.58. The van der Waals surface area contributed by atoms with E-state index >= 15 is 0 Å². The maximum absolute atomic E-state index is 12.2. The number of nitrogens with zero attached hydrogens (tertiary/aromatic N) is 1. The Hall–Kier alpha value is -0.890. The average molecular weight is 394 g/mol. The fourth-order valence-corrected chi connectivity index (χ4v) is 2.58. The third-order valence-electron chi connectivity index (χ3n) is 3.85. The minimum atomic E-state index is -0.00831. The van der Waals surface area contributed by atoms with Crippen LogP contribution in [0.4, 0.5) is 0 Å². The van der Waals surface area contributed by atoms with Crippen LogP contribution >= 0.6 is 24.8 Å². The summed E-state index contributed by atoms with van der Waals surface area (Å²) in [5, 5.41) is 6.21. The zero-order chi connectivity index (χ0) is 16.3. The van der Waals surface area contributed by atoms with E-state index in [2.05, 4.69) is 27.7 Å². The zero-order valence-corrected chi connectivity index (χ0v) is 16.2. The minimum absolute atomic E-state index is 0. The topological polar surface area (TPSA) is 62.8 Å². The summed E-state index contributed by atoms with van der Waals surface area (Å²) < 4.78 is 10.4. The zero-order valence-electron chi connectivity index (χ0n) is 14.6. The quantitative estimate of drug-likeness (QED) is 0.618. The molecule has 1 aromatic rings. The second kappa shape index (κ2) is 14.3. The lowest BCUT2D eigenvalue weighted by atomic mass is 10.1. The molecule has 2 rings (SSSR count). The maximum atomic E-state index is 12.2. The van der Waals surface area contributed by atoms with Gasteiger partial charge in [0, 0.05) is 33.3 Å². The summed E-state index contributed by atoms with van der Waals surface area (Å²) >= 11 is 0. The van der Waals surface area contributed by atoms with Gasteiger partial charge in [0.15, 0.2) is 0 Å². The van der Waals surface area contributed by atoms with E-state index in [9.17, 15) is 4.79 Å². The molecule has 1 heterocycles. The molecule has 1 atom stereocenters. The molecule has 0 aliphatic carbocycles. The number of nitrogens with one attached hydrogen (secondary N) is 2. The molecule has 144 valence electrons. The number of rotatable bonds is 9. The first kappa shape index (κ1) is 24.1. The van der Waals surface area contributed by atoms with Gasteiger partial charge < -0.3 is 20.1 Å².